The summed E-state index contributed by atoms with van der Waals surface area (Å²) in [5, 5.41) is 5.91. The minimum atomic E-state index is -0.318. The molecule has 0 atom stereocenters. The summed E-state index contributed by atoms with van der Waals surface area (Å²) in [6.45, 7) is 0. The van der Waals surface area contributed by atoms with E-state index in [0.29, 0.717) is 22.4 Å². The number of nitrogens with zero attached hydrogens (tertiary/aromatic N) is 2. The first kappa shape index (κ1) is 20.0. The third-order valence-electron chi connectivity index (χ3n) is 4.71. The Morgan fingerprint density at radius 2 is 0.935 bits per heavy atom. The van der Waals surface area contributed by atoms with E-state index >= 15 is 0 Å². The van der Waals surface area contributed by atoms with Crippen LogP contribution in [0.25, 0.3) is 0 Å². The van der Waals surface area contributed by atoms with Crippen molar-refractivity contribution < 1.29 is 9.59 Å². The van der Waals surface area contributed by atoms with E-state index in [-0.39, 0.29) is 17.4 Å². The predicted molar refractivity (Wildman–Crippen MR) is 123 cm³/mol. The fraction of sp³-hybridized carbons (Fsp3) is 0. The third-order valence-corrected chi connectivity index (χ3v) is 4.71. The largest absolute Gasteiger partial charge is 0.287 e. The Morgan fingerprint density at radius 3 is 1.45 bits per heavy atom. The minimum Gasteiger partial charge on any atom is -0.287 e. The Morgan fingerprint density at radius 1 is 0.516 bits per heavy atom. The normalized spacial score (nSPS) is 11.0. The maximum atomic E-state index is 13.4. The number of hydrogen-bond acceptors (Lipinski definition) is 3. The standard InChI is InChI=1S/C27H20N2O2/c30-26(22-15-7-2-8-16-22)25(21-13-5-1-6-14-21)28-29(24-19-11-4-12-20-24)27(31)23-17-9-3-10-18-23/h1-20H/b28-25+. The van der Waals surface area contributed by atoms with Crippen molar-refractivity contribution in [2.45, 2.75) is 0 Å². The van der Waals surface area contributed by atoms with Gasteiger partial charge in [-0.25, -0.2) is 0 Å². The summed E-state index contributed by atoms with van der Waals surface area (Å²) in [5.74, 6) is -0.574. The number of rotatable bonds is 6. The van der Waals surface area contributed by atoms with E-state index in [2.05, 4.69) is 5.10 Å². The van der Waals surface area contributed by atoms with Crippen molar-refractivity contribution in [1.82, 2.24) is 0 Å². The van der Waals surface area contributed by atoms with Gasteiger partial charge in [0.05, 0.1) is 5.69 Å². The number of hydrogen-bond donors (Lipinski definition) is 0. The molecule has 0 N–H and O–H groups in total. The summed E-state index contributed by atoms with van der Waals surface area (Å²) in [7, 11) is 0. The zero-order chi connectivity index (χ0) is 21.5. The van der Waals surface area contributed by atoms with E-state index in [4.69, 9.17) is 0 Å². The highest BCUT2D eigenvalue weighted by Gasteiger charge is 2.22. The third kappa shape index (κ3) is 4.65. The topological polar surface area (TPSA) is 49.7 Å². The van der Waals surface area contributed by atoms with Crippen LogP contribution >= 0.6 is 0 Å². The number of carbonyl (C=O) groups excluding carboxylic acids is 2. The van der Waals surface area contributed by atoms with Crippen LogP contribution in [0.4, 0.5) is 5.69 Å². The van der Waals surface area contributed by atoms with Gasteiger partial charge < -0.3 is 0 Å². The molecule has 0 aliphatic rings. The molecule has 0 spiro atoms. The Hall–Kier alpha value is -4.31. The lowest BCUT2D eigenvalue weighted by molar-refractivity contribution is 0.0987. The van der Waals surface area contributed by atoms with Gasteiger partial charge >= 0.3 is 0 Å². The van der Waals surface area contributed by atoms with Crippen molar-refractivity contribution >= 4 is 23.1 Å². The number of para-hydroxylation sites is 1. The highest BCUT2D eigenvalue weighted by atomic mass is 16.2. The van der Waals surface area contributed by atoms with Gasteiger partial charge in [-0.15, -0.1) is 0 Å². The molecular weight excluding hydrogens is 384 g/mol. The van der Waals surface area contributed by atoms with Crippen molar-refractivity contribution in [2.24, 2.45) is 5.10 Å². The van der Waals surface area contributed by atoms with Crippen LogP contribution in [0.1, 0.15) is 26.3 Å². The van der Waals surface area contributed by atoms with Gasteiger partial charge in [-0.3, -0.25) is 9.59 Å². The van der Waals surface area contributed by atoms with Gasteiger partial charge in [0.1, 0.15) is 5.71 Å². The van der Waals surface area contributed by atoms with E-state index in [0.717, 1.165) is 0 Å². The SMILES string of the molecule is O=C(/C(=N/N(C(=O)c1ccccc1)c1ccccc1)c1ccccc1)c1ccccc1. The van der Waals surface area contributed by atoms with Crippen LogP contribution in [0.3, 0.4) is 0 Å². The molecule has 0 aromatic heterocycles. The summed E-state index contributed by atoms with van der Waals surface area (Å²) < 4.78 is 0. The van der Waals surface area contributed by atoms with Crippen LogP contribution in [0.15, 0.2) is 126 Å². The second-order valence-corrected chi connectivity index (χ2v) is 6.83. The lowest BCUT2D eigenvalue weighted by Gasteiger charge is -2.19. The first-order valence-corrected chi connectivity index (χ1v) is 9.92. The van der Waals surface area contributed by atoms with Gasteiger partial charge in [0, 0.05) is 16.7 Å². The van der Waals surface area contributed by atoms with Gasteiger partial charge in [0.2, 0.25) is 5.78 Å². The van der Waals surface area contributed by atoms with Crippen LogP contribution in [-0.4, -0.2) is 17.4 Å². The molecule has 0 aliphatic carbocycles. The van der Waals surface area contributed by atoms with E-state index < -0.39 is 0 Å². The maximum Gasteiger partial charge on any atom is 0.278 e. The van der Waals surface area contributed by atoms with Crippen molar-refractivity contribution in [3.05, 3.63) is 138 Å². The molecular formula is C27H20N2O2. The number of ketones is 1. The van der Waals surface area contributed by atoms with Crippen molar-refractivity contribution in [1.29, 1.82) is 0 Å². The van der Waals surface area contributed by atoms with Gasteiger partial charge in [-0.1, -0.05) is 97.1 Å². The number of carbonyl (C=O) groups is 2. The Balaban J connectivity index is 1.87. The Kier molecular flexibility index (Phi) is 6.10. The van der Waals surface area contributed by atoms with Crippen molar-refractivity contribution in [3.63, 3.8) is 0 Å². The second-order valence-electron chi connectivity index (χ2n) is 6.83. The summed E-state index contributed by atoms with van der Waals surface area (Å²) in [5.41, 5.74) is 2.39. The zero-order valence-electron chi connectivity index (χ0n) is 16.8. The van der Waals surface area contributed by atoms with Gasteiger partial charge in [-0.05, 0) is 24.3 Å². The highest BCUT2D eigenvalue weighted by molar-refractivity contribution is 6.51. The molecule has 0 unspecified atom stereocenters. The number of hydrazone groups is 1. The van der Waals surface area contributed by atoms with Gasteiger partial charge in [0.25, 0.3) is 5.91 Å². The molecule has 4 aromatic rings. The van der Waals surface area contributed by atoms with Crippen LogP contribution < -0.4 is 5.01 Å². The second kappa shape index (κ2) is 9.46. The fourth-order valence-electron chi connectivity index (χ4n) is 3.15. The molecule has 0 radical (unpaired) electrons. The molecule has 31 heavy (non-hydrogen) atoms. The predicted octanol–water partition coefficient (Wildman–Crippen LogP) is 5.62. The van der Waals surface area contributed by atoms with Crippen molar-refractivity contribution in [3.8, 4) is 0 Å². The van der Waals surface area contributed by atoms with Gasteiger partial charge in [-0.2, -0.15) is 10.1 Å². The number of Topliss-reactive ketones (excluding diaryl/α,β-unsaturated/α-hetero) is 1. The summed E-state index contributed by atoms with van der Waals surface area (Å²) in [4.78, 5) is 26.8. The zero-order valence-corrected chi connectivity index (χ0v) is 16.8. The molecule has 150 valence electrons. The van der Waals surface area contributed by atoms with E-state index in [1.807, 2.05) is 60.7 Å². The minimum absolute atomic E-state index is 0.194. The average Bonchev–Trinajstić information content (AvgIpc) is 2.86. The van der Waals surface area contributed by atoms with Crippen molar-refractivity contribution in [2.75, 3.05) is 5.01 Å². The highest BCUT2D eigenvalue weighted by Crippen LogP contribution is 2.20. The molecule has 0 saturated heterocycles. The maximum absolute atomic E-state index is 13.4. The summed E-state index contributed by atoms with van der Waals surface area (Å²) in [6.07, 6.45) is 0. The Bertz CT molecular complexity index is 1190. The average molecular weight is 404 g/mol. The van der Waals surface area contributed by atoms with Crippen LogP contribution in [-0.2, 0) is 0 Å². The lowest BCUT2D eigenvalue weighted by Crippen LogP contribution is -2.29. The lowest BCUT2D eigenvalue weighted by atomic mass is 10.0. The smallest absolute Gasteiger partial charge is 0.278 e. The molecule has 4 nitrogen and oxygen atoms in total. The molecule has 0 aliphatic heterocycles. The number of amides is 1. The van der Waals surface area contributed by atoms with E-state index in [1.165, 1.54) is 5.01 Å². The fourth-order valence-corrected chi connectivity index (χ4v) is 3.15. The molecule has 0 heterocycles. The van der Waals surface area contributed by atoms with Crippen LogP contribution in [0.2, 0.25) is 0 Å². The van der Waals surface area contributed by atoms with Crippen LogP contribution in [0, 0.1) is 0 Å². The molecule has 0 saturated carbocycles. The molecule has 0 bridgehead atoms. The quantitative estimate of drug-likeness (QED) is 0.238. The summed E-state index contributed by atoms with van der Waals surface area (Å²) >= 11 is 0. The Labute approximate surface area is 181 Å². The molecule has 0 fully saturated rings. The van der Waals surface area contributed by atoms with Gasteiger partial charge in [0.15, 0.2) is 0 Å². The summed E-state index contributed by atoms with van der Waals surface area (Å²) in [6, 6.07) is 36.2. The molecule has 4 aromatic carbocycles. The molecule has 4 heteroatoms. The monoisotopic (exact) mass is 404 g/mol. The first-order valence-electron chi connectivity index (χ1n) is 9.92. The molecule has 4 rings (SSSR count). The number of benzene rings is 4. The number of anilines is 1. The molecule has 1 amide bonds. The van der Waals surface area contributed by atoms with E-state index in [9.17, 15) is 9.59 Å². The first-order chi connectivity index (χ1) is 15.2. The van der Waals surface area contributed by atoms with E-state index in [1.54, 1.807) is 60.7 Å². The van der Waals surface area contributed by atoms with Crippen LogP contribution in [0.5, 0.6) is 0 Å².